The van der Waals surface area contributed by atoms with Crippen molar-refractivity contribution in [1.82, 2.24) is 9.66 Å². The Morgan fingerprint density at radius 2 is 1.66 bits per heavy atom. The van der Waals surface area contributed by atoms with E-state index in [9.17, 15) is 14.0 Å². The van der Waals surface area contributed by atoms with E-state index in [1.165, 1.54) is 43.3 Å². The van der Waals surface area contributed by atoms with Gasteiger partial charge in [-0.25, -0.2) is 9.37 Å². The molecule has 5 rings (SSSR count). The molecule has 0 aliphatic carbocycles. The summed E-state index contributed by atoms with van der Waals surface area (Å²) in [6.07, 6.45) is 1.50. The van der Waals surface area contributed by atoms with Crippen molar-refractivity contribution >= 4 is 28.7 Å². The molecule has 0 aliphatic rings. The number of amides is 1. The Bertz CT molecular complexity index is 2010. The van der Waals surface area contributed by atoms with Crippen LogP contribution in [0.1, 0.15) is 36.5 Å². The van der Waals surface area contributed by atoms with E-state index < -0.39 is 18.3 Å². The standard InChI is InChI=1S/C36H35FN4O6/c1-21(2)27-18-28(22(3)14-30(27)44-4)35-40-29-13-8-7-12-26(29)36(43)41(35)38-19-23-15-31(45-5)34(32(16-23)46-6)47-20-33(42)39-25-11-9-10-24(37)17-25/h7-19,21H,20H2,1-6H3,(H,39,42). The predicted octanol–water partition coefficient (Wildman–Crippen LogP) is 6.56. The summed E-state index contributed by atoms with van der Waals surface area (Å²) in [5.74, 6) is 1.02. The highest BCUT2D eigenvalue weighted by atomic mass is 19.1. The van der Waals surface area contributed by atoms with E-state index in [1.807, 2.05) is 25.1 Å². The summed E-state index contributed by atoms with van der Waals surface area (Å²) in [6, 6.07) is 19.9. The first-order valence-corrected chi connectivity index (χ1v) is 14.8. The Morgan fingerprint density at radius 3 is 2.32 bits per heavy atom. The highest BCUT2D eigenvalue weighted by Gasteiger charge is 2.19. The van der Waals surface area contributed by atoms with Crippen LogP contribution >= 0.6 is 0 Å². The Hall–Kier alpha value is -5.71. The summed E-state index contributed by atoms with van der Waals surface area (Å²) in [5, 5.41) is 7.61. The summed E-state index contributed by atoms with van der Waals surface area (Å²) < 4.78 is 37.3. The minimum atomic E-state index is -0.504. The maximum atomic E-state index is 13.9. The number of ether oxygens (including phenoxy) is 4. The van der Waals surface area contributed by atoms with Gasteiger partial charge in [0.1, 0.15) is 11.6 Å². The predicted molar refractivity (Wildman–Crippen MR) is 180 cm³/mol. The van der Waals surface area contributed by atoms with E-state index in [4.69, 9.17) is 23.9 Å². The molecular formula is C36H35FN4O6. The number of aryl methyl sites for hydroxylation is 1. The Kier molecular flexibility index (Phi) is 9.84. The molecule has 0 saturated carbocycles. The number of hydrogen-bond acceptors (Lipinski definition) is 8. The second kappa shape index (κ2) is 14.2. The van der Waals surface area contributed by atoms with Gasteiger partial charge in [-0.3, -0.25) is 9.59 Å². The first kappa shape index (κ1) is 32.7. The second-order valence-corrected chi connectivity index (χ2v) is 11.0. The Labute approximate surface area is 271 Å². The molecule has 0 spiro atoms. The maximum absolute atomic E-state index is 13.9. The molecule has 0 aliphatic heterocycles. The molecule has 47 heavy (non-hydrogen) atoms. The van der Waals surface area contributed by atoms with Crippen LogP contribution in [0.4, 0.5) is 10.1 Å². The number of anilines is 1. The largest absolute Gasteiger partial charge is 0.496 e. The molecule has 242 valence electrons. The first-order chi connectivity index (χ1) is 22.6. The third-order valence-electron chi connectivity index (χ3n) is 7.45. The van der Waals surface area contributed by atoms with Crippen molar-refractivity contribution in [3.63, 3.8) is 0 Å². The van der Waals surface area contributed by atoms with Crippen LogP contribution in [-0.4, -0.2) is 49.7 Å². The van der Waals surface area contributed by atoms with Crippen LogP contribution in [0.5, 0.6) is 23.0 Å². The molecule has 1 heterocycles. The fourth-order valence-electron chi connectivity index (χ4n) is 5.11. The number of nitrogens with zero attached hydrogens (tertiary/aromatic N) is 3. The lowest BCUT2D eigenvalue weighted by atomic mass is 9.96. The normalized spacial score (nSPS) is 11.2. The molecule has 0 saturated heterocycles. The molecular weight excluding hydrogens is 603 g/mol. The van der Waals surface area contributed by atoms with Gasteiger partial charge in [0.15, 0.2) is 23.9 Å². The summed E-state index contributed by atoms with van der Waals surface area (Å²) in [6.45, 7) is 5.68. The number of para-hydroxylation sites is 1. The molecule has 11 heteroatoms. The van der Waals surface area contributed by atoms with Crippen LogP contribution in [0, 0.1) is 12.7 Å². The number of nitrogens with one attached hydrogen (secondary N) is 1. The summed E-state index contributed by atoms with van der Waals surface area (Å²) in [5.41, 5.74) is 3.61. The lowest BCUT2D eigenvalue weighted by Gasteiger charge is -2.17. The van der Waals surface area contributed by atoms with Crippen molar-refractivity contribution in [1.29, 1.82) is 0 Å². The number of fused-ring (bicyclic) bond motifs is 1. The molecule has 0 fully saturated rings. The number of rotatable bonds is 11. The lowest BCUT2D eigenvalue weighted by Crippen LogP contribution is -2.21. The maximum Gasteiger partial charge on any atom is 0.282 e. The minimum absolute atomic E-state index is 0.154. The van der Waals surface area contributed by atoms with Gasteiger partial charge in [0.25, 0.3) is 11.5 Å². The van der Waals surface area contributed by atoms with Gasteiger partial charge in [-0.1, -0.05) is 32.0 Å². The van der Waals surface area contributed by atoms with Crippen LogP contribution in [0.2, 0.25) is 0 Å². The van der Waals surface area contributed by atoms with Crippen LogP contribution in [-0.2, 0) is 4.79 Å². The highest BCUT2D eigenvalue weighted by molar-refractivity contribution is 5.92. The van der Waals surface area contributed by atoms with Crippen LogP contribution in [0.15, 0.2) is 82.7 Å². The SMILES string of the molecule is COc1cc(C)c(-c2nc3ccccc3c(=O)n2N=Cc2cc(OC)c(OCC(=O)Nc3cccc(F)c3)c(OC)c2)cc1C(C)C. The fourth-order valence-corrected chi connectivity index (χ4v) is 5.11. The number of methoxy groups -OCH3 is 3. The van der Waals surface area contributed by atoms with Gasteiger partial charge in [-0.2, -0.15) is 9.78 Å². The van der Waals surface area contributed by atoms with Gasteiger partial charge in [0.2, 0.25) is 5.75 Å². The molecule has 1 amide bonds. The monoisotopic (exact) mass is 638 g/mol. The zero-order valence-electron chi connectivity index (χ0n) is 27.0. The van der Waals surface area contributed by atoms with Gasteiger partial charge < -0.3 is 24.3 Å². The quantitative estimate of drug-likeness (QED) is 0.163. The zero-order valence-corrected chi connectivity index (χ0v) is 27.0. The molecule has 4 aromatic carbocycles. The number of aromatic nitrogens is 2. The van der Waals surface area contributed by atoms with E-state index in [2.05, 4.69) is 24.3 Å². The van der Waals surface area contributed by atoms with Crippen molar-refractivity contribution in [3.8, 4) is 34.4 Å². The molecule has 5 aromatic rings. The Balaban J connectivity index is 1.53. The average molecular weight is 639 g/mol. The third-order valence-corrected chi connectivity index (χ3v) is 7.45. The van der Waals surface area contributed by atoms with Gasteiger partial charge >= 0.3 is 0 Å². The van der Waals surface area contributed by atoms with E-state index >= 15 is 0 Å². The first-order valence-electron chi connectivity index (χ1n) is 14.8. The number of carbonyl (C=O) groups is 1. The van der Waals surface area contributed by atoms with Crippen LogP contribution in [0.25, 0.3) is 22.3 Å². The summed E-state index contributed by atoms with van der Waals surface area (Å²) >= 11 is 0. The highest BCUT2D eigenvalue weighted by Crippen LogP contribution is 2.38. The van der Waals surface area contributed by atoms with Gasteiger partial charge in [-0.05, 0) is 78.6 Å². The molecule has 0 unspecified atom stereocenters. The second-order valence-electron chi connectivity index (χ2n) is 11.0. The number of halogens is 1. The molecule has 1 N–H and O–H groups in total. The molecule has 0 bridgehead atoms. The van der Waals surface area contributed by atoms with Gasteiger partial charge in [-0.15, -0.1) is 0 Å². The molecule has 0 radical (unpaired) electrons. The minimum Gasteiger partial charge on any atom is -0.496 e. The van der Waals surface area contributed by atoms with Crippen molar-refractivity contribution in [3.05, 3.63) is 106 Å². The zero-order chi connectivity index (χ0) is 33.7. The average Bonchev–Trinajstić information content (AvgIpc) is 3.06. The molecule has 10 nitrogen and oxygen atoms in total. The van der Waals surface area contributed by atoms with Crippen molar-refractivity contribution in [2.45, 2.75) is 26.7 Å². The van der Waals surface area contributed by atoms with E-state index in [0.29, 0.717) is 28.0 Å². The van der Waals surface area contributed by atoms with Crippen molar-refractivity contribution < 1.29 is 28.1 Å². The van der Waals surface area contributed by atoms with Crippen LogP contribution in [0.3, 0.4) is 0 Å². The van der Waals surface area contributed by atoms with Crippen molar-refractivity contribution in [2.24, 2.45) is 5.10 Å². The fraction of sp³-hybridized carbons (Fsp3) is 0.222. The van der Waals surface area contributed by atoms with Crippen LogP contribution < -0.4 is 29.8 Å². The van der Waals surface area contributed by atoms with E-state index in [-0.39, 0.29) is 28.7 Å². The smallest absolute Gasteiger partial charge is 0.282 e. The van der Waals surface area contributed by atoms with E-state index in [0.717, 1.165) is 22.4 Å². The Morgan fingerprint density at radius 1 is 0.957 bits per heavy atom. The molecule has 1 aromatic heterocycles. The molecule has 0 atom stereocenters. The summed E-state index contributed by atoms with van der Waals surface area (Å²) in [4.78, 5) is 31.2. The van der Waals surface area contributed by atoms with E-state index in [1.54, 1.807) is 43.5 Å². The van der Waals surface area contributed by atoms with Crippen molar-refractivity contribution in [2.75, 3.05) is 33.3 Å². The number of hydrogen-bond donors (Lipinski definition) is 1. The topological polar surface area (TPSA) is 113 Å². The van der Waals surface area contributed by atoms with Gasteiger partial charge in [0.05, 0.1) is 38.4 Å². The third kappa shape index (κ3) is 7.09. The lowest BCUT2D eigenvalue weighted by molar-refractivity contribution is -0.118. The summed E-state index contributed by atoms with van der Waals surface area (Å²) in [7, 11) is 4.53. The number of carbonyl (C=O) groups excluding carboxylic acids is 1. The van der Waals surface area contributed by atoms with Gasteiger partial charge in [0, 0.05) is 16.8 Å². The number of benzene rings is 4.